The number of phenolic OH excluding ortho intramolecular Hbond substituents is 1. The SMILES string of the molecule is CN(c1cccc(O)c1)S(=O)(=O)CC1CCNCC1. The van der Waals surface area contributed by atoms with Gasteiger partial charge < -0.3 is 10.4 Å². The van der Waals surface area contributed by atoms with E-state index in [1.165, 1.54) is 23.5 Å². The van der Waals surface area contributed by atoms with Crippen molar-refractivity contribution in [2.24, 2.45) is 5.92 Å². The van der Waals surface area contributed by atoms with Crippen molar-refractivity contribution in [2.45, 2.75) is 12.8 Å². The zero-order valence-electron chi connectivity index (χ0n) is 11.0. The zero-order valence-corrected chi connectivity index (χ0v) is 11.9. The Hall–Kier alpha value is -1.27. The van der Waals surface area contributed by atoms with Gasteiger partial charge in [-0.1, -0.05) is 6.07 Å². The fourth-order valence-electron chi connectivity index (χ4n) is 2.31. The van der Waals surface area contributed by atoms with Crippen LogP contribution in [0.3, 0.4) is 0 Å². The van der Waals surface area contributed by atoms with Crippen LogP contribution in [-0.2, 0) is 10.0 Å². The number of benzene rings is 1. The van der Waals surface area contributed by atoms with Gasteiger partial charge in [-0.2, -0.15) is 0 Å². The molecular formula is C13H20N2O3S. The molecule has 1 aliphatic rings. The molecule has 0 unspecified atom stereocenters. The number of aromatic hydroxyl groups is 1. The van der Waals surface area contributed by atoms with E-state index in [-0.39, 0.29) is 17.4 Å². The predicted octanol–water partition coefficient (Wildman–Crippen LogP) is 1.16. The summed E-state index contributed by atoms with van der Waals surface area (Å²) < 4.78 is 25.9. The maximum Gasteiger partial charge on any atom is 0.235 e. The lowest BCUT2D eigenvalue weighted by Gasteiger charge is -2.26. The van der Waals surface area contributed by atoms with E-state index in [1.54, 1.807) is 12.1 Å². The van der Waals surface area contributed by atoms with Crippen LogP contribution in [0.2, 0.25) is 0 Å². The van der Waals surface area contributed by atoms with E-state index in [9.17, 15) is 13.5 Å². The number of hydrogen-bond acceptors (Lipinski definition) is 4. The lowest BCUT2D eigenvalue weighted by Crippen LogP contribution is -2.36. The molecule has 0 atom stereocenters. The average Bonchev–Trinajstić information content (AvgIpc) is 2.38. The second-order valence-corrected chi connectivity index (χ2v) is 7.00. The number of phenols is 1. The van der Waals surface area contributed by atoms with Crippen LogP contribution in [0.5, 0.6) is 5.75 Å². The fourth-order valence-corrected chi connectivity index (χ4v) is 3.89. The first-order valence-corrected chi connectivity index (χ1v) is 8.06. The Labute approximate surface area is 114 Å². The molecule has 1 aromatic rings. The summed E-state index contributed by atoms with van der Waals surface area (Å²) in [5.41, 5.74) is 0.494. The van der Waals surface area contributed by atoms with Gasteiger partial charge in [0.25, 0.3) is 0 Å². The molecule has 5 nitrogen and oxygen atoms in total. The van der Waals surface area contributed by atoms with Gasteiger partial charge in [0.15, 0.2) is 0 Å². The van der Waals surface area contributed by atoms with Gasteiger partial charge >= 0.3 is 0 Å². The summed E-state index contributed by atoms with van der Waals surface area (Å²) in [6.45, 7) is 1.77. The Balaban J connectivity index is 2.10. The van der Waals surface area contributed by atoms with E-state index >= 15 is 0 Å². The van der Waals surface area contributed by atoms with Crippen molar-refractivity contribution in [3.05, 3.63) is 24.3 Å². The summed E-state index contributed by atoms with van der Waals surface area (Å²) in [6, 6.07) is 6.30. The number of anilines is 1. The van der Waals surface area contributed by atoms with Gasteiger partial charge in [-0.3, -0.25) is 4.31 Å². The Bertz CT molecular complexity index is 524. The Kier molecular flexibility index (Phi) is 4.31. The summed E-state index contributed by atoms with van der Waals surface area (Å²) in [5, 5.41) is 12.6. The molecule has 106 valence electrons. The monoisotopic (exact) mass is 284 g/mol. The minimum Gasteiger partial charge on any atom is -0.508 e. The first kappa shape index (κ1) is 14.1. The van der Waals surface area contributed by atoms with Gasteiger partial charge in [-0.05, 0) is 44.0 Å². The molecule has 0 spiro atoms. The number of rotatable bonds is 4. The Morgan fingerprint density at radius 3 is 2.68 bits per heavy atom. The van der Waals surface area contributed by atoms with Gasteiger partial charge in [0.1, 0.15) is 5.75 Å². The molecule has 1 fully saturated rings. The molecule has 0 amide bonds. The molecule has 0 aromatic heterocycles. The van der Waals surface area contributed by atoms with Crippen LogP contribution in [0.1, 0.15) is 12.8 Å². The van der Waals surface area contributed by atoms with Crippen molar-refractivity contribution in [3.63, 3.8) is 0 Å². The highest BCUT2D eigenvalue weighted by molar-refractivity contribution is 7.92. The summed E-state index contributed by atoms with van der Waals surface area (Å²) in [6.07, 6.45) is 1.79. The summed E-state index contributed by atoms with van der Waals surface area (Å²) in [4.78, 5) is 0. The maximum atomic E-state index is 12.3. The topological polar surface area (TPSA) is 69.6 Å². The molecule has 6 heteroatoms. The van der Waals surface area contributed by atoms with Crippen molar-refractivity contribution in [1.82, 2.24) is 5.32 Å². The van der Waals surface area contributed by atoms with Gasteiger partial charge in [0, 0.05) is 13.1 Å². The van der Waals surface area contributed by atoms with Crippen LogP contribution in [0.15, 0.2) is 24.3 Å². The molecule has 0 saturated carbocycles. The Morgan fingerprint density at radius 1 is 1.37 bits per heavy atom. The van der Waals surface area contributed by atoms with Crippen molar-refractivity contribution < 1.29 is 13.5 Å². The third-order valence-electron chi connectivity index (χ3n) is 3.52. The van der Waals surface area contributed by atoms with Crippen LogP contribution in [0.25, 0.3) is 0 Å². The van der Waals surface area contributed by atoms with Crippen molar-refractivity contribution >= 4 is 15.7 Å². The Morgan fingerprint density at radius 2 is 2.05 bits per heavy atom. The van der Waals surface area contributed by atoms with E-state index in [4.69, 9.17) is 0 Å². The van der Waals surface area contributed by atoms with Gasteiger partial charge in [0.2, 0.25) is 10.0 Å². The fraction of sp³-hybridized carbons (Fsp3) is 0.538. The van der Waals surface area contributed by atoms with Gasteiger partial charge in [-0.25, -0.2) is 8.42 Å². The summed E-state index contributed by atoms with van der Waals surface area (Å²) in [7, 11) is -1.80. The van der Waals surface area contributed by atoms with E-state index in [0.717, 1.165) is 25.9 Å². The quantitative estimate of drug-likeness (QED) is 0.870. The zero-order chi connectivity index (χ0) is 13.9. The highest BCUT2D eigenvalue weighted by atomic mass is 32.2. The van der Waals surface area contributed by atoms with Gasteiger partial charge in [0.05, 0.1) is 11.4 Å². The van der Waals surface area contributed by atoms with E-state index in [1.807, 2.05) is 0 Å². The normalized spacial score (nSPS) is 17.3. The summed E-state index contributed by atoms with van der Waals surface area (Å²) >= 11 is 0. The second kappa shape index (κ2) is 5.79. The molecule has 1 aromatic carbocycles. The highest BCUT2D eigenvalue weighted by Crippen LogP contribution is 2.23. The molecule has 19 heavy (non-hydrogen) atoms. The first-order chi connectivity index (χ1) is 8.99. The van der Waals surface area contributed by atoms with Crippen LogP contribution in [0, 0.1) is 5.92 Å². The summed E-state index contributed by atoms with van der Waals surface area (Å²) in [5.74, 6) is 0.452. The largest absolute Gasteiger partial charge is 0.508 e. The molecule has 2 N–H and O–H groups in total. The maximum absolute atomic E-state index is 12.3. The lowest BCUT2D eigenvalue weighted by molar-refractivity contribution is 0.401. The van der Waals surface area contributed by atoms with E-state index in [0.29, 0.717) is 5.69 Å². The number of piperidine rings is 1. The molecule has 0 bridgehead atoms. The minimum atomic E-state index is -3.34. The second-order valence-electron chi connectivity index (χ2n) is 4.96. The van der Waals surface area contributed by atoms with Crippen molar-refractivity contribution in [1.29, 1.82) is 0 Å². The highest BCUT2D eigenvalue weighted by Gasteiger charge is 2.25. The number of nitrogens with one attached hydrogen (secondary N) is 1. The standard InChI is InChI=1S/C13H20N2O3S/c1-15(12-3-2-4-13(16)9-12)19(17,18)10-11-5-7-14-8-6-11/h2-4,9,11,14,16H,5-8,10H2,1H3. The molecule has 0 aliphatic carbocycles. The molecule has 1 heterocycles. The lowest BCUT2D eigenvalue weighted by atomic mass is 10.0. The molecule has 2 rings (SSSR count). The van der Waals surface area contributed by atoms with Crippen molar-refractivity contribution in [3.8, 4) is 5.75 Å². The third-order valence-corrected chi connectivity index (χ3v) is 5.45. The molecule has 1 saturated heterocycles. The smallest absolute Gasteiger partial charge is 0.235 e. The van der Waals surface area contributed by atoms with Crippen LogP contribution in [0.4, 0.5) is 5.69 Å². The van der Waals surface area contributed by atoms with E-state index in [2.05, 4.69) is 5.32 Å². The molecule has 1 aliphatic heterocycles. The number of sulfonamides is 1. The van der Waals surface area contributed by atoms with Crippen LogP contribution >= 0.6 is 0 Å². The number of nitrogens with zero attached hydrogens (tertiary/aromatic N) is 1. The van der Waals surface area contributed by atoms with Crippen LogP contribution in [-0.4, -0.2) is 39.4 Å². The number of hydrogen-bond donors (Lipinski definition) is 2. The van der Waals surface area contributed by atoms with Crippen LogP contribution < -0.4 is 9.62 Å². The van der Waals surface area contributed by atoms with Crippen molar-refractivity contribution in [2.75, 3.05) is 30.2 Å². The third kappa shape index (κ3) is 3.61. The average molecular weight is 284 g/mol. The first-order valence-electron chi connectivity index (χ1n) is 6.45. The predicted molar refractivity (Wildman–Crippen MR) is 75.9 cm³/mol. The molecule has 0 radical (unpaired) electrons. The minimum absolute atomic E-state index is 0.0708. The van der Waals surface area contributed by atoms with Gasteiger partial charge in [-0.15, -0.1) is 0 Å². The van der Waals surface area contributed by atoms with E-state index < -0.39 is 10.0 Å². The molecular weight excluding hydrogens is 264 g/mol.